The molecular formula is C18H17NO4. The van der Waals surface area contributed by atoms with Gasteiger partial charge in [0.25, 0.3) is 6.47 Å². The van der Waals surface area contributed by atoms with E-state index in [4.69, 9.17) is 4.74 Å². The third kappa shape index (κ3) is 3.04. The van der Waals surface area contributed by atoms with Crippen LogP contribution in [-0.4, -0.2) is 25.4 Å². The normalized spacial score (nSPS) is 13.6. The zero-order valence-corrected chi connectivity index (χ0v) is 12.7. The highest BCUT2D eigenvalue weighted by Crippen LogP contribution is 2.44. The van der Waals surface area contributed by atoms with Crippen molar-refractivity contribution in [1.82, 2.24) is 5.32 Å². The highest BCUT2D eigenvalue weighted by molar-refractivity contribution is 5.79. The van der Waals surface area contributed by atoms with E-state index in [1.165, 1.54) is 11.1 Å². The average molecular weight is 311 g/mol. The molecule has 0 saturated carbocycles. The van der Waals surface area contributed by atoms with E-state index >= 15 is 0 Å². The molecule has 3 rings (SSSR count). The lowest BCUT2D eigenvalue weighted by molar-refractivity contribution is -0.133. The fraction of sp³-hybridized carbons (Fsp3) is 0.222. The van der Waals surface area contributed by atoms with Crippen LogP contribution < -0.4 is 5.32 Å². The lowest BCUT2D eigenvalue weighted by Crippen LogP contribution is -2.35. The summed E-state index contributed by atoms with van der Waals surface area (Å²) in [6.07, 6.45) is -1.33. The second-order valence-electron chi connectivity index (χ2n) is 5.34. The Labute approximate surface area is 134 Å². The Morgan fingerprint density at radius 1 is 1.13 bits per heavy atom. The number of carbonyl (C=O) groups excluding carboxylic acids is 2. The summed E-state index contributed by atoms with van der Waals surface area (Å²) in [5.74, 6) is 0.00967. The second kappa shape index (κ2) is 6.52. The van der Waals surface area contributed by atoms with E-state index in [9.17, 15) is 9.59 Å². The number of fused-ring (bicyclic) bond motifs is 3. The fourth-order valence-electron chi connectivity index (χ4n) is 2.92. The van der Waals surface area contributed by atoms with Gasteiger partial charge in [-0.25, -0.2) is 4.79 Å². The van der Waals surface area contributed by atoms with Gasteiger partial charge < -0.3 is 9.47 Å². The first kappa shape index (κ1) is 15.1. The monoisotopic (exact) mass is 311 g/mol. The van der Waals surface area contributed by atoms with Crippen molar-refractivity contribution in [3.8, 4) is 11.1 Å². The van der Waals surface area contributed by atoms with Crippen LogP contribution in [0, 0.1) is 0 Å². The average Bonchev–Trinajstić information content (AvgIpc) is 2.87. The molecule has 118 valence electrons. The minimum Gasteiger partial charge on any atom is -0.448 e. The molecule has 1 unspecified atom stereocenters. The molecule has 0 aromatic heterocycles. The number of rotatable bonds is 5. The minimum absolute atomic E-state index is 0.00967. The molecular weight excluding hydrogens is 294 g/mol. The third-order valence-corrected chi connectivity index (χ3v) is 3.92. The molecule has 0 spiro atoms. The zero-order valence-electron chi connectivity index (χ0n) is 12.7. The molecule has 1 aliphatic carbocycles. The second-order valence-corrected chi connectivity index (χ2v) is 5.34. The van der Waals surface area contributed by atoms with Crippen LogP contribution in [0.2, 0.25) is 0 Å². The summed E-state index contributed by atoms with van der Waals surface area (Å²) >= 11 is 0. The van der Waals surface area contributed by atoms with Crippen LogP contribution in [-0.2, 0) is 14.3 Å². The summed E-state index contributed by atoms with van der Waals surface area (Å²) in [5.41, 5.74) is 4.65. The maximum atomic E-state index is 11.8. The van der Waals surface area contributed by atoms with E-state index in [1.54, 1.807) is 6.92 Å². The Morgan fingerprint density at radius 2 is 1.70 bits per heavy atom. The number of alkyl carbamates (subject to hydrolysis) is 1. The van der Waals surface area contributed by atoms with Gasteiger partial charge in [-0.1, -0.05) is 48.5 Å². The van der Waals surface area contributed by atoms with Crippen molar-refractivity contribution in [1.29, 1.82) is 0 Å². The SMILES string of the molecule is CC(NC(=O)OCC1c2ccccc2-c2ccccc21)OC=O. The molecule has 1 aliphatic rings. The van der Waals surface area contributed by atoms with E-state index in [1.807, 2.05) is 24.3 Å². The Morgan fingerprint density at radius 3 is 2.26 bits per heavy atom. The molecule has 1 amide bonds. The van der Waals surface area contributed by atoms with E-state index in [2.05, 4.69) is 34.3 Å². The number of hydrogen-bond acceptors (Lipinski definition) is 4. The van der Waals surface area contributed by atoms with Gasteiger partial charge in [-0.15, -0.1) is 0 Å². The maximum Gasteiger partial charge on any atom is 0.410 e. The summed E-state index contributed by atoms with van der Waals surface area (Å²) in [4.78, 5) is 22.0. The maximum absolute atomic E-state index is 11.8. The highest BCUT2D eigenvalue weighted by atomic mass is 16.6. The Hall–Kier alpha value is -2.82. The summed E-state index contributed by atoms with van der Waals surface area (Å²) in [6.45, 7) is 2.07. The van der Waals surface area contributed by atoms with Crippen LogP contribution in [0.15, 0.2) is 48.5 Å². The van der Waals surface area contributed by atoms with Gasteiger partial charge in [-0.3, -0.25) is 10.1 Å². The molecule has 2 aromatic rings. The molecule has 0 aliphatic heterocycles. The van der Waals surface area contributed by atoms with Crippen LogP contribution >= 0.6 is 0 Å². The van der Waals surface area contributed by atoms with Gasteiger partial charge >= 0.3 is 6.09 Å². The van der Waals surface area contributed by atoms with Crippen LogP contribution in [0.1, 0.15) is 24.0 Å². The first-order valence-electron chi connectivity index (χ1n) is 7.41. The Balaban J connectivity index is 1.73. The fourth-order valence-corrected chi connectivity index (χ4v) is 2.92. The minimum atomic E-state index is -0.719. The quantitative estimate of drug-likeness (QED) is 0.681. The predicted octanol–water partition coefficient (Wildman–Crippen LogP) is 3.04. The molecule has 1 atom stereocenters. The summed E-state index contributed by atoms with van der Waals surface area (Å²) in [7, 11) is 0. The molecule has 5 nitrogen and oxygen atoms in total. The van der Waals surface area contributed by atoms with Gasteiger partial charge in [-0.2, -0.15) is 0 Å². The standard InChI is InChI=1S/C18H17NO4/c1-12(23-11-20)19-18(21)22-10-17-15-8-4-2-6-13(15)14-7-3-5-9-16(14)17/h2-9,11-12,17H,10H2,1H3,(H,19,21). The molecule has 0 radical (unpaired) electrons. The van der Waals surface area contributed by atoms with Crippen molar-refractivity contribution in [2.24, 2.45) is 0 Å². The first-order valence-corrected chi connectivity index (χ1v) is 7.41. The van der Waals surface area contributed by atoms with Crippen molar-refractivity contribution in [2.45, 2.75) is 19.1 Å². The van der Waals surface area contributed by atoms with Crippen molar-refractivity contribution < 1.29 is 19.1 Å². The van der Waals surface area contributed by atoms with Gasteiger partial charge in [-0.05, 0) is 29.2 Å². The smallest absolute Gasteiger partial charge is 0.410 e. The number of amides is 1. The highest BCUT2D eigenvalue weighted by Gasteiger charge is 2.29. The van der Waals surface area contributed by atoms with E-state index in [-0.39, 0.29) is 19.0 Å². The van der Waals surface area contributed by atoms with E-state index in [0.29, 0.717) is 0 Å². The number of carbonyl (C=O) groups is 2. The van der Waals surface area contributed by atoms with Gasteiger partial charge in [0, 0.05) is 5.92 Å². The number of benzene rings is 2. The van der Waals surface area contributed by atoms with Crippen molar-refractivity contribution in [3.05, 3.63) is 59.7 Å². The van der Waals surface area contributed by atoms with Crippen LogP contribution in [0.3, 0.4) is 0 Å². The number of hydrogen-bond donors (Lipinski definition) is 1. The molecule has 0 bridgehead atoms. The largest absolute Gasteiger partial charge is 0.448 e. The van der Waals surface area contributed by atoms with Crippen LogP contribution in [0.4, 0.5) is 4.79 Å². The van der Waals surface area contributed by atoms with E-state index < -0.39 is 12.3 Å². The molecule has 0 heterocycles. The molecule has 1 N–H and O–H groups in total. The zero-order chi connectivity index (χ0) is 16.2. The third-order valence-electron chi connectivity index (χ3n) is 3.92. The molecule has 2 aromatic carbocycles. The van der Waals surface area contributed by atoms with Crippen LogP contribution in [0.5, 0.6) is 0 Å². The van der Waals surface area contributed by atoms with Crippen LogP contribution in [0.25, 0.3) is 11.1 Å². The van der Waals surface area contributed by atoms with Gasteiger partial charge in [0.1, 0.15) is 6.61 Å². The van der Waals surface area contributed by atoms with Gasteiger partial charge in [0.05, 0.1) is 0 Å². The topological polar surface area (TPSA) is 64.6 Å². The molecule has 23 heavy (non-hydrogen) atoms. The first-order chi connectivity index (χ1) is 11.2. The Kier molecular flexibility index (Phi) is 4.28. The van der Waals surface area contributed by atoms with Crippen molar-refractivity contribution in [2.75, 3.05) is 6.61 Å². The van der Waals surface area contributed by atoms with Crippen molar-refractivity contribution in [3.63, 3.8) is 0 Å². The summed E-state index contributed by atoms with van der Waals surface area (Å²) < 4.78 is 9.91. The number of ether oxygens (including phenoxy) is 2. The lowest BCUT2D eigenvalue weighted by Gasteiger charge is -2.16. The van der Waals surface area contributed by atoms with Gasteiger partial charge in [0.2, 0.25) is 0 Å². The molecule has 5 heteroatoms. The Bertz CT molecular complexity index is 683. The summed E-state index contributed by atoms with van der Waals surface area (Å²) in [6, 6.07) is 16.2. The number of nitrogens with one attached hydrogen (secondary N) is 1. The van der Waals surface area contributed by atoms with Crippen molar-refractivity contribution >= 4 is 12.6 Å². The lowest BCUT2D eigenvalue weighted by atomic mass is 9.98. The molecule has 0 saturated heterocycles. The predicted molar refractivity (Wildman–Crippen MR) is 84.8 cm³/mol. The molecule has 0 fully saturated rings. The van der Waals surface area contributed by atoms with Gasteiger partial charge in [0.15, 0.2) is 6.23 Å². The van der Waals surface area contributed by atoms with E-state index in [0.717, 1.165) is 11.1 Å². The summed E-state index contributed by atoms with van der Waals surface area (Å²) in [5, 5.41) is 2.44.